The molecule has 5 nitrogen and oxygen atoms in total. The highest BCUT2D eigenvalue weighted by atomic mass is 16.5. The monoisotopic (exact) mass is 404 g/mol. The lowest BCUT2D eigenvalue weighted by molar-refractivity contribution is 0.279. The predicted octanol–water partition coefficient (Wildman–Crippen LogP) is 4.81. The van der Waals surface area contributed by atoms with Gasteiger partial charge in [-0.2, -0.15) is 0 Å². The summed E-state index contributed by atoms with van der Waals surface area (Å²) in [6, 6.07) is 10.2. The van der Waals surface area contributed by atoms with Gasteiger partial charge < -0.3 is 14.6 Å². The Hall–Kier alpha value is -2.82. The largest absolute Gasteiger partial charge is 0.507 e. The number of benzene rings is 2. The molecule has 0 fully saturated rings. The van der Waals surface area contributed by atoms with Crippen molar-refractivity contribution < 1.29 is 14.6 Å². The number of rotatable bonds is 2. The van der Waals surface area contributed by atoms with E-state index in [2.05, 4.69) is 50.9 Å². The van der Waals surface area contributed by atoms with Crippen molar-refractivity contribution in [2.45, 2.75) is 58.0 Å². The fourth-order valence-electron chi connectivity index (χ4n) is 4.53. The molecule has 0 bridgehead atoms. The highest BCUT2D eigenvalue weighted by Gasteiger charge is 2.39. The van der Waals surface area contributed by atoms with E-state index < -0.39 is 0 Å². The number of phenolic OH excluding ortho intramolecular Hbond substituents is 1. The molecule has 0 saturated heterocycles. The Morgan fingerprint density at radius 3 is 1.93 bits per heavy atom. The second-order valence-corrected chi connectivity index (χ2v) is 10.3. The van der Waals surface area contributed by atoms with Crippen LogP contribution in [0.4, 0.5) is 0 Å². The summed E-state index contributed by atoms with van der Waals surface area (Å²) in [7, 11) is 0. The average molecular weight is 405 g/mol. The number of nitrogens with zero attached hydrogens (tertiary/aromatic N) is 2. The molecule has 5 heteroatoms. The molecule has 1 N–H and O–H groups in total. The van der Waals surface area contributed by atoms with Crippen molar-refractivity contribution in [3.63, 3.8) is 0 Å². The molecule has 2 aliphatic heterocycles. The van der Waals surface area contributed by atoms with Crippen LogP contribution in [0, 0.1) is 0 Å². The van der Waals surface area contributed by atoms with Crippen LogP contribution in [0.15, 0.2) is 40.3 Å². The van der Waals surface area contributed by atoms with E-state index in [4.69, 9.17) is 14.5 Å². The second-order valence-electron chi connectivity index (χ2n) is 10.3. The molecule has 0 amide bonds. The van der Waals surface area contributed by atoms with Crippen LogP contribution in [-0.4, -0.2) is 41.2 Å². The van der Waals surface area contributed by atoms with Gasteiger partial charge in [-0.3, -0.25) is 0 Å². The molecule has 156 valence electrons. The van der Waals surface area contributed by atoms with Crippen molar-refractivity contribution in [1.82, 2.24) is 0 Å². The molecule has 2 aromatic rings. The maximum atomic E-state index is 10.8. The Morgan fingerprint density at radius 2 is 1.33 bits per heavy atom. The third kappa shape index (κ3) is 2.83. The maximum Gasteiger partial charge on any atom is 0.220 e. The smallest absolute Gasteiger partial charge is 0.220 e. The summed E-state index contributed by atoms with van der Waals surface area (Å²) < 4.78 is 11.7. The van der Waals surface area contributed by atoms with Gasteiger partial charge in [0.05, 0.1) is 16.6 Å². The molecular weight excluding hydrogens is 376 g/mol. The Labute approximate surface area is 177 Å². The fourth-order valence-corrected chi connectivity index (χ4v) is 4.53. The van der Waals surface area contributed by atoms with Crippen molar-refractivity contribution >= 4 is 11.8 Å². The van der Waals surface area contributed by atoms with E-state index in [1.165, 1.54) is 5.56 Å². The van der Waals surface area contributed by atoms with Gasteiger partial charge in [0, 0.05) is 11.0 Å². The first-order chi connectivity index (χ1) is 14.0. The van der Waals surface area contributed by atoms with E-state index in [-0.39, 0.29) is 22.2 Å². The summed E-state index contributed by atoms with van der Waals surface area (Å²) in [4.78, 5) is 9.39. The topological polar surface area (TPSA) is 63.4 Å². The zero-order chi connectivity index (χ0) is 21.5. The summed E-state index contributed by atoms with van der Waals surface area (Å²) in [5.74, 6) is 1.42. The van der Waals surface area contributed by atoms with Crippen LogP contribution in [-0.2, 0) is 14.9 Å². The van der Waals surface area contributed by atoms with E-state index >= 15 is 0 Å². The number of fused-ring (bicyclic) bond motifs is 3. The lowest BCUT2D eigenvalue weighted by atomic mass is 9.81. The first-order valence-electron chi connectivity index (χ1n) is 10.5. The third-order valence-electron chi connectivity index (χ3n) is 6.20. The van der Waals surface area contributed by atoms with Crippen molar-refractivity contribution in [3.8, 4) is 16.9 Å². The molecule has 5 rings (SSSR count). The fraction of sp³-hybridized carbons (Fsp3) is 0.440. The molecule has 0 atom stereocenters. The van der Waals surface area contributed by atoms with Crippen molar-refractivity contribution in [2.75, 3.05) is 13.2 Å². The molecule has 0 spiro atoms. The predicted molar refractivity (Wildman–Crippen MR) is 119 cm³/mol. The van der Waals surface area contributed by atoms with Crippen molar-refractivity contribution in [1.29, 1.82) is 0 Å². The molecule has 2 heterocycles. The van der Waals surface area contributed by atoms with Gasteiger partial charge in [-0.05, 0) is 74.2 Å². The zero-order valence-corrected chi connectivity index (χ0v) is 18.5. The first-order valence-corrected chi connectivity index (χ1v) is 10.5. The highest BCUT2D eigenvalue weighted by molar-refractivity contribution is 6.01. The standard InChI is InChI=1S/C25H28N2O3/c1-23(2)12-29-21(26-23)14-7-8-15-16-11-20(28)17(22-27-24(3,4)13-30-22)10-19(16)25(5,6)18(15)9-14/h7-11,28H,12-13H2,1-6H3. The van der Waals surface area contributed by atoms with Crippen molar-refractivity contribution in [2.24, 2.45) is 9.98 Å². The van der Waals surface area contributed by atoms with Crippen LogP contribution in [0.3, 0.4) is 0 Å². The first kappa shape index (κ1) is 19.2. The molecule has 0 unspecified atom stereocenters. The summed E-state index contributed by atoms with van der Waals surface area (Å²) >= 11 is 0. The number of aliphatic imine (C=N–C) groups is 2. The summed E-state index contributed by atoms with van der Waals surface area (Å²) in [6.45, 7) is 13.7. The summed E-state index contributed by atoms with van der Waals surface area (Å²) in [5.41, 5.74) is 5.51. The summed E-state index contributed by atoms with van der Waals surface area (Å²) in [5, 5.41) is 10.8. The molecule has 0 saturated carbocycles. The van der Waals surface area contributed by atoms with Gasteiger partial charge in [0.15, 0.2) is 0 Å². The quantitative estimate of drug-likeness (QED) is 0.781. The normalized spacial score (nSPS) is 21.9. The molecule has 1 aliphatic carbocycles. The van der Waals surface area contributed by atoms with Crippen molar-refractivity contribution in [3.05, 3.63) is 52.6 Å². The lowest BCUT2D eigenvalue weighted by Gasteiger charge is -2.22. The van der Waals surface area contributed by atoms with Crippen LogP contribution in [0.5, 0.6) is 5.75 Å². The minimum Gasteiger partial charge on any atom is -0.507 e. The molecule has 0 radical (unpaired) electrons. The Bertz CT molecular complexity index is 1140. The molecule has 3 aliphatic rings. The van der Waals surface area contributed by atoms with Crippen LogP contribution in [0.1, 0.15) is 63.8 Å². The molecule has 0 aromatic heterocycles. The SMILES string of the molecule is CC1(C)COC(c2ccc3c(c2)C(C)(C)c2cc(C4=NC(C)(C)CO4)c(O)cc2-3)=N1. The lowest BCUT2D eigenvalue weighted by Crippen LogP contribution is -2.17. The van der Waals surface area contributed by atoms with Gasteiger partial charge in [0.2, 0.25) is 11.8 Å². The second kappa shape index (κ2) is 5.87. The Morgan fingerprint density at radius 1 is 0.733 bits per heavy atom. The van der Waals surface area contributed by atoms with Gasteiger partial charge in [0.25, 0.3) is 0 Å². The van der Waals surface area contributed by atoms with Gasteiger partial charge in [0.1, 0.15) is 19.0 Å². The average Bonchev–Trinajstić information content (AvgIpc) is 3.27. The zero-order valence-electron chi connectivity index (χ0n) is 18.5. The number of ether oxygens (including phenoxy) is 2. The van der Waals surface area contributed by atoms with E-state index in [0.717, 1.165) is 22.3 Å². The van der Waals surface area contributed by atoms with Crippen LogP contribution >= 0.6 is 0 Å². The van der Waals surface area contributed by atoms with Crippen LogP contribution in [0.2, 0.25) is 0 Å². The van der Waals surface area contributed by atoms with Gasteiger partial charge >= 0.3 is 0 Å². The molecule has 2 aromatic carbocycles. The minimum atomic E-state index is -0.274. The van der Waals surface area contributed by atoms with Gasteiger partial charge in [-0.25, -0.2) is 9.98 Å². The van der Waals surface area contributed by atoms with Crippen LogP contribution in [0.25, 0.3) is 11.1 Å². The minimum absolute atomic E-state index is 0.191. The van der Waals surface area contributed by atoms with E-state index in [1.807, 2.05) is 26.0 Å². The van der Waals surface area contributed by atoms with E-state index in [0.29, 0.717) is 30.6 Å². The number of phenols is 1. The number of aromatic hydroxyl groups is 1. The number of hydrogen-bond donors (Lipinski definition) is 1. The Kier molecular flexibility index (Phi) is 3.75. The van der Waals surface area contributed by atoms with E-state index in [9.17, 15) is 5.11 Å². The molecular formula is C25H28N2O3. The molecule has 30 heavy (non-hydrogen) atoms. The Balaban J connectivity index is 1.61. The summed E-state index contributed by atoms with van der Waals surface area (Å²) in [6.07, 6.45) is 0. The van der Waals surface area contributed by atoms with Crippen LogP contribution < -0.4 is 0 Å². The third-order valence-corrected chi connectivity index (χ3v) is 6.20. The van der Waals surface area contributed by atoms with Gasteiger partial charge in [-0.15, -0.1) is 0 Å². The maximum absolute atomic E-state index is 10.8. The van der Waals surface area contributed by atoms with Gasteiger partial charge in [-0.1, -0.05) is 19.9 Å². The number of hydrogen-bond acceptors (Lipinski definition) is 5. The van der Waals surface area contributed by atoms with E-state index in [1.54, 1.807) is 0 Å². The highest BCUT2D eigenvalue weighted by Crippen LogP contribution is 2.51.